The van der Waals surface area contributed by atoms with E-state index < -0.39 is 0 Å². The molecule has 0 heterocycles. The average molecular weight is 346 g/mol. The Kier molecular flexibility index (Phi) is 6.96. The molecule has 0 aliphatic heterocycles. The fourth-order valence-corrected chi connectivity index (χ4v) is 4.44. The number of hydrogen-bond donors (Lipinski definition) is 0. The van der Waals surface area contributed by atoms with E-state index in [1.54, 1.807) is 0 Å². The smallest absolute Gasteiger partial charge is 0.119 e. The van der Waals surface area contributed by atoms with E-state index in [1.165, 1.54) is 44.1 Å². The molecule has 0 bridgehead atoms. The predicted octanol–water partition coefficient (Wildman–Crippen LogP) is 6.04. The van der Waals surface area contributed by atoms with Crippen molar-refractivity contribution in [3.63, 3.8) is 0 Å². The Bertz CT molecular complexity index is 506. The van der Waals surface area contributed by atoms with Crippen LogP contribution in [0.4, 0.5) is 0 Å². The largest absolute Gasteiger partial charge is 0.492 e. The zero-order chi connectivity index (χ0) is 18.5. The predicted molar refractivity (Wildman–Crippen MR) is 109 cm³/mol. The highest BCUT2D eigenvalue weighted by Crippen LogP contribution is 2.36. The number of hydrogen-bond acceptors (Lipinski definition) is 2. The van der Waals surface area contributed by atoms with Gasteiger partial charge in [0.1, 0.15) is 12.4 Å². The third kappa shape index (κ3) is 6.66. The van der Waals surface area contributed by atoms with Crippen LogP contribution in [0, 0.1) is 5.41 Å². The Labute approximate surface area is 156 Å². The summed E-state index contributed by atoms with van der Waals surface area (Å²) < 4.78 is 5.99. The van der Waals surface area contributed by atoms with E-state index >= 15 is 0 Å². The molecule has 2 nitrogen and oxygen atoms in total. The molecule has 25 heavy (non-hydrogen) atoms. The Balaban J connectivity index is 1.82. The minimum absolute atomic E-state index is 0.192. The number of nitrogens with zero attached hydrogens (tertiary/aromatic N) is 1. The molecule has 1 aromatic carbocycles. The molecule has 2 rings (SSSR count). The lowest BCUT2D eigenvalue weighted by Gasteiger charge is -2.33. The van der Waals surface area contributed by atoms with Gasteiger partial charge in [0.25, 0.3) is 0 Å². The molecule has 1 aliphatic rings. The molecule has 0 spiro atoms. The maximum absolute atomic E-state index is 5.99. The van der Waals surface area contributed by atoms with Crippen LogP contribution < -0.4 is 4.74 Å². The van der Waals surface area contributed by atoms with Crippen LogP contribution in [0.1, 0.15) is 78.7 Å². The van der Waals surface area contributed by atoms with E-state index in [9.17, 15) is 0 Å². The summed E-state index contributed by atoms with van der Waals surface area (Å²) in [5.74, 6) is 0.993. The molecule has 1 aromatic rings. The molecule has 0 radical (unpaired) electrons. The van der Waals surface area contributed by atoms with Gasteiger partial charge in [0.2, 0.25) is 0 Å². The minimum Gasteiger partial charge on any atom is -0.492 e. The highest BCUT2D eigenvalue weighted by Gasteiger charge is 2.27. The van der Waals surface area contributed by atoms with E-state index in [4.69, 9.17) is 4.74 Å². The van der Waals surface area contributed by atoms with Gasteiger partial charge in [-0.25, -0.2) is 0 Å². The first-order chi connectivity index (χ1) is 11.7. The molecule has 0 aromatic heterocycles. The minimum atomic E-state index is 0.192. The van der Waals surface area contributed by atoms with Crippen molar-refractivity contribution in [2.24, 2.45) is 5.41 Å². The van der Waals surface area contributed by atoms with Gasteiger partial charge in [0.05, 0.1) is 0 Å². The van der Waals surface area contributed by atoms with Crippen LogP contribution in [0.15, 0.2) is 24.3 Å². The lowest BCUT2D eigenvalue weighted by molar-refractivity contribution is 0.160. The van der Waals surface area contributed by atoms with Gasteiger partial charge in [-0.05, 0) is 54.8 Å². The molecule has 0 saturated heterocycles. The van der Waals surface area contributed by atoms with Crippen molar-refractivity contribution in [2.75, 3.05) is 20.2 Å². The maximum Gasteiger partial charge on any atom is 0.119 e. The fourth-order valence-electron chi connectivity index (χ4n) is 4.44. The average Bonchev–Trinajstić information content (AvgIpc) is 2.54. The molecule has 1 saturated carbocycles. The number of ether oxygens (including phenoxy) is 1. The Morgan fingerprint density at radius 3 is 2.12 bits per heavy atom. The molecule has 142 valence electrons. The number of rotatable bonds is 7. The molecule has 2 heteroatoms. The van der Waals surface area contributed by atoms with Crippen molar-refractivity contribution in [1.82, 2.24) is 4.90 Å². The van der Waals surface area contributed by atoms with Crippen LogP contribution in [-0.2, 0) is 5.41 Å². The van der Waals surface area contributed by atoms with Crippen molar-refractivity contribution in [1.29, 1.82) is 0 Å². The highest BCUT2D eigenvalue weighted by molar-refractivity contribution is 5.31. The van der Waals surface area contributed by atoms with Gasteiger partial charge in [0.15, 0.2) is 0 Å². The van der Waals surface area contributed by atoms with Crippen molar-refractivity contribution in [3.8, 4) is 5.75 Å². The summed E-state index contributed by atoms with van der Waals surface area (Å²) in [6.07, 6.45) is 8.08. The van der Waals surface area contributed by atoms with E-state index in [-0.39, 0.29) is 5.41 Å². The van der Waals surface area contributed by atoms with Gasteiger partial charge in [-0.2, -0.15) is 0 Å². The van der Waals surface area contributed by atoms with Gasteiger partial charge in [-0.15, -0.1) is 0 Å². The molecule has 0 atom stereocenters. The first-order valence-electron chi connectivity index (χ1n) is 10.1. The van der Waals surface area contributed by atoms with E-state index in [0.717, 1.165) is 24.9 Å². The first-order valence-corrected chi connectivity index (χ1v) is 10.1. The molecular formula is C23H39NO. The zero-order valence-corrected chi connectivity index (χ0v) is 17.4. The normalized spacial score (nSPS) is 17.1. The summed E-state index contributed by atoms with van der Waals surface area (Å²) in [4.78, 5) is 2.49. The van der Waals surface area contributed by atoms with Gasteiger partial charge < -0.3 is 9.64 Å². The third-order valence-electron chi connectivity index (χ3n) is 5.52. The van der Waals surface area contributed by atoms with Gasteiger partial charge >= 0.3 is 0 Å². The van der Waals surface area contributed by atoms with E-state index in [2.05, 4.69) is 70.8 Å². The van der Waals surface area contributed by atoms with E-state index in [1.807, 2.05) is 0 Å². The fraction of sp³-hybridized carbons (Fsp3) is 0.739. The van der Waals surface area contributed by atoms with E-state index in [0.29, 0.717) is 5.41 Å². The van der Waals surface area contributed by atoms with Gasteiger partial charge in [-0.1, -0.05) is 66.0 Å². The van der Waals surface area contributed by atoms with Crippen LogP contribution >= 0.6 is 0 Å². The summed E-state index contributed by atoms with van der Waals surface area (Å²) in [6.45, 7) is 13.4. The highest BCUT2D eigenvalue weighted by atomic mass is 16.5. The second-order valence-electron chi connectivity index (χ2n) is 9.77. The summed E-state index contributed by atoms with van der Waals surface area (Å²) in [5, 5.41) is 0. The lowest BCUT2D eigenvalue weighted by atomic mass is 9.72. The second-order valence-corrected chi connectivity index (χ2v) is 9.77. The van der Waals surface area contributed by atoms with Crippen molar-refractivity contribution in [3.05, 3.63) is 29.8 Å². The molecule has 0 N–H and O–H groups in total. The van der Waals surface area contributed by atoms with Gasteiger partial charge in [-0.3, -0.25) is 0 Å². The standard InChI is InChI=1S/C23H39NO/c1-22(2,3)18-23(4,5)19-12-14-21(15-13-19)25-17-16-24(6)20-10-8-7-9-11-20/h12-15,20H,7-11,16-18H2,1-6H3. The molecule has 1 aliphatic carbocycles. The van der Waals surface area contributed by atoms with Crippen molar-refractivity contribution >= 4 is 0 Å². The number of benzene rings is 1. The second kappa shape index (κ2) is 8.58. The summed E-state index contributed by atoms with van der Waals surface area (Å²) in [7, 11) is 2.25. The van der Waals surface area contributed by atoms with Gasteiger partial charge in [0, 0.05) is 12.6 Å². The zero-order valence-electron chi connectivity index (χ0n) is 17.4. The summed E-state index contributed by atoms with van der Waals surface area (Å²) in [5.41, 5.74) is 1.93. The van der Waals surface area contributed by atoms with Crippen molar-refractivity contribution in [2.45, 2.75) is 84.6 Å². The molecule has 0 amide bonds. The van der Waals surface area contributed by atoms with Crippen LogP contribution in [0.3, 0.4) is 0 Å². The topological polar surface area (TPSA) is 12.5 Å². The molecule has 1 fully saturated rings. The monoisotopic (exact) mass is 345 g/mol. The Morgan fingerprint density at radius 2 is 1.56 bits per heavy atom. The Hall–Kier alpha value is -1.02. The first kappa shape index (κ1) is 20.3. The molecule has 0 unspecified atom stereocenters. The SMILES string of the molecule is CN(CCOc1ccc(C(C)(C)CC(C)(C)C)cc1)C1CCCCC1. The third-order valence-corrected chi connectivity index (χ3v) is 5.52. The molecular weight excluding hydrogens is 306 g/mol. The number of likely N-dealkylation sites (N-methyl/N-ethyl adjacent to an activating group) is 1. The van der Waals surface area contributed by atoms with Crippen LogP contribution in [0.5, 0.6) is 5.75 Å². The summed E-state index contributed by atoms with van der Waals surface area (Å²) >= 11 is 0. The summed E-state index contributed by atoms with van der Waals surface area (Å²) in [6, 6.07) is 9.52. The van der Waals surface area contributed by atoms with Crippen LogP contribution in [-0.4, -0.2) is 31.1 Å². The maximum atomic E-state index is 5.99. The van der Waals surface area contributed by atoms with Crippen LogP contribution in [0.2, 0.25) is 0 Å². The Morgan fingerprint density at radius 1 is 0.960 bits per heavy atom. The van der Waals surface area contributed by atoms with Crippen LogP contribution in [0.25, 0.3) is 0 Å². The quantitative estimate of drug-likeness (QED) is 0.597. The van der Waals surface area contributed by atoms with Crippen molar-refractivity contribution < 1.29 is 4.74 Å². The lowest BCUT2D eigenvalue weighted by Crippen LogP contribution is -2.36.